The number of nitrogens with zero attached hydrogens (tertiary/aromatic N) is 4. The number of rotatable bonds is 3. The molecule has 2 fully saturated rings. The number of Topliss-reactive ketones (excluding diaryl/α,β-unsaturated/α-hetero) is 2. The summed E-state index contributed by atoms with van der Waals surface area (Å²) in [5, 5.41) is 3.39. The molecule has 1 aromatic heterocycles. The summed E-state index contributed by atoms with van der Waals surface area (Å²) >= 11 is 0. The third kappa shape index (κ3) is 3.66. The summed E-state index contributed by atoms with van der Waals surface area (Å²) in [6.07, 6.45) is 7.69. The van der Waals surface area contributed by atoms with Crippen LogP contribution in [-0.2, 0) is 4.79 Å². The van der Waals surface area contributed by atoms with Crippen molar-refractivity contribution in [2.24, 2.45) is 11.1 Å². The van der Waals surface area contributed by atoms with E-state index in [-0.39, 0.29) is 23.4 Å². The van der Waals surface area contributed by atoms with Crippen LogP contribution in [0.4, 0.5) is 5.95 Å². The third-order valence-corrected chi connectivity index (χ3v) is 6.68. The van der Waals surface area contributed by atoms with Crippen LogP contribution in [-0.4, -0.2) is 52.2 Å². The number of aromatic nitrogens is 3. The van der Waals surface area contributed by atoms with Crippen molar-refractivity contribution >= 4 is 17.5 Å². The summed E-state index contributed by atoms with van der Waals surface area (Å²) in [6.45, 7) is 4.74. The molecule has 2 heterocycles. The Morgan fingerprint density at radius 2 is 2.03 bits per heavy atom. The first-order valence-electron chi connectivity index (χ1n) is 10.8. The normalized spacial score (nSPS) is 28.5. The van der Waals surface area contributed by atoms with E-state index in [0.717, 1.165) is 58.2 Å². The van der Waals surface area contributed by atoms with Gasteiger partial charge in [0.25, 0.3) is 0 Å². The highest BCUT2D eigenvalue weighted by atomic mass is 16.1. The van der Waals surface area contributed by atoms with Crippen LogP contribution in [0.2, 0.25) is 0 Å². The topological polar surface area (TPSA) is 114 Å². The molecular formula is C21H30N6O2. The molecule has 1 saturated heterocycles. The number of nitrogens with two attached hydrogens (primary N) is 1. The SMILES string of the molecule is C[C@H]1CNCCCN1c1ncnc(C(=O)C2=C(N)[C@]3(CCCCC3=O)CCC2)n1. The molecule has 8 nitrogen and oxygen atoms in total. The number of allylic oxidation sites excluding steroid dienone is 2. The first kappa shape index (κ1) is 19.9. The Bertz CT molecular complexity index is 838. The van der Waals surface area contributed by atoms with E-state index in [2.05, 4.69) is 32.1 Å². The summed E-state index contributed by atoms with van der Waals surface area (Å²) in [4.78, 5) is 41.1. The highest BCUT2D eigenvalue weighted by Gasteiger charge is 2.46. The van der Waals surface area contributed by atoms with Crippen molar-refractivity contribution in [3.05, 3.63) is 23.4 Å². The number of carbonyl (C=O) groups is 2. The zero-order valence-electron chi connectivity index (χ0n) is 17.1. The van der Waals surface area contributed by atoms with Gasteiger partial charge in [0, 0.05) is 36.8 Å². The lowest BCUT2D eigenvalue weighted by Gasteiger charge is -2.40. The maximum absolute atomic E-state index is 13.3. The Balaban J connectivity index is 1.65. The fraction of sp³-hybridized carbons (Fsp3) is 0.667. The molecule has 0 aromatic carbocycles. The van der Waals surface area contributed by atoms with Crippen LogP contribution in [0.5, 0.6) is 0 Å². The van der Waals surface area contributed by atoms with Crippen LogP contribution in [0.25, 0.3) is 0 Å². The van der Waals surface area contributed by atoms with Gasteiger partial charge < -0.3 is 16.0 Å². The molecule has 29 heavy (non-hydrogen) atoms. The summed E-state index contributed by atoms with van der Waals surface area (Å²) in [7, 11) is 0. The predicted octanol–water partition coefficient (Wildman–Crippen LogP) is 1.77. The molecule has 2 aliphatic carbocycles. The quantitative estimate of drug-likeness (QED) is 0.741. The summed E-state index contributed by atoms with van der Waals surface area (Å²) < 4.78 is 0. The molecule has 1 aromatic rings. The predicted molar refractivity (Wildman–Crippen MR) is 109 cm³/mol. The van der Waals surface area contributed by atoms with Gasteiger partial charge in [0.1, 0.15) is 12.1 Å². The third-order valence-electron chi connectivity index (χ3n) is 6.68. The van der Waals surface area contributed by atoms with E-state index in [1.807, 2.05) is 0 Å². The molecule has 0 radical (unpaired) electrons. The highest BCUT2D eigenvalue weighted by molar-refractivity contribution is 6.08. The standard InChI is InChI=1S/C21H30N6O2/c1-14-12-23-10-5-11-27(14)20-25-13-24-19(26-20)17(29)15-6-4-9-21(18(15)22)8-3-2-7-16(21)28/h13-14,23H,2-12,22H2,1H3/t14-,21+/m0/s1. The number of hydrogen-bond donors (Lipinski definition) is 2. The highest BCUT2D eigenvalue weighted by Crippen LogP contribution is 2.47. The Hall–Kier alpha value is -2.35. The first-order valence-corrected chi connectivity index (χ1v) is 10.8. The molecule has 2 atom stereocenters. The van der Waals surface area contributed by atoms with Crippen molar-refractivity contribution in [3.8, 4) is 0 Å². The van der Waals surface area contributed by atoms with Crippen molar-refractivity contribution in [3.63, 3.8) is 0 Å². The monoisotopic (exact) mass is 398 g/mol. The van der Waals surface area contributed by atoms with Gasteiger partial charge in [0.15, 0.2) is 0 Å². The van der Waals surface area contributed by atoms with Crippen LogP contribution in [0.15, 0.2) is 17.6 Å². The maximum Gasteiger partial charge on any atom is 0.229 e. The van der Waals surface area contributed by atoms with E-state index in [9.17, 15) is 9.59 Å². The lowest BCUT2D eigenvalue weighted by molar-refractivity contribution is -0.129. The minimum Gasteiger partial charge on any atom is -0.401 e. The lowest BCUT2D eigenvalue weighted by Crippen LogP contribution is -2.42. The molecular weight excluding hydrogens is 368 g/mol. The van der Waals surface area contributed by atoms with E-state index in [4.69, 9.17) is 5.73 Å². The Morgan fingerprint density at radius 3 is 2.86 bits per heavy atom. The number of anilines is 1. The van der Waals surface area contributed by atoms with Gasteiger partial charge in [-0.2, -0.15) is 4.98 Å². The van der Waals surface area contributed by atoms with Gasteiger partial charge in [-0.15, -0.1) is 0 Å². The van der Waals surface area contributed by atoms with Crippen molar-refractivity contribution in [2.75, 3.05) is 24.5 Å². The van der Waals surface area contributed by atoms with Gasteiger partial charge >= 0.3 is 0 Å². The van der Waals surface area contributed by atoms with Gasteiger partial charge in [-0.25, -0.2) is 9.97 Å². The van der Waals surface area contributed by atoms with E-state index in [1.165, 1.54) is 6.33 Å². The van der Waals surface area contributed by atoms with Crippen molar-refractivity contribution in [2.45, 2.75) is 64.3 Å². The number of carbonyl (C=O) groups excluding carboxylic acids is 2. The minimum atomic E-state index is -0.650. The summed E-state index contributed by atoms with van der Waals surface area (Å²) in [5.41, 5.74) is 6.83. The molecule has 3 N–H and O–H groups in total. The van der Waals surface area contributed by atoms with Crippen LogP contribution in [0.3, 0.4) is 0 Å². The largest absolute Gasteiger partial charge is 0.401 e. The second-order valence-electron chi connectivity index (χ2n) is 8.50. The minimum absolute atomic E-state index is 0.123. The van der Waals surface area contributed by atoms with E-state index in [1.54, 1.807) is 0 Å². The molecule has 0 unspecified atom stereocenters. The second-order valence-corrected chi connectivity index (χ2v) is 8.50. The van der Waals surface area contributed by atoms with Gasteiger partial charge in [0.05, 0.1) is 5.41 Å². The smallest absolute Gasteiger partial charge is 0.229 e. The average Bonchev–Trinajstić information content (AvgIpc) is 2.96. The van der Waals surface area contributed by atoms with E-state index in [0.29, 0.717) is 30.1 Å². The lowest BCUT2D eigenvalue weighted by atomic mass is 9.64. The van der Waals surface area contributed by atoms with Crippen LogP contribution >= 0.6 is 0 Å². The number of nitrogens with one attached hydrogen (secondary N) is 1. The van der Waals surface area contributed by atoms with Gasteiger partial charge in [-0.05, 0) is 52.0 Å². The molecule has 1 spiro atoms. The molecule has 8 heteroatoms. The molecule has 1 saturated carbocycles. The van der Waals surface area contributed by atoms with Crippen molar-refractivity contribution in [1.82, 2.24) is 20.3 Å². The zero-order valence-corrected chi connectivity index (χ0v) is 17.1. The van der Waals surface area contributed by atoms with E-state index >= 15 is 0 Å². The Kier molecular flexibility index (Phi) is 5.63. The molecule has 1 aliphatic heterocycles. The molecule has 3 aliphatic rings. The van der Waals surface area contributed by atoms with Crippen molar-refractivity contribution in [1.29, 1.82) is 0 Å². The van der Waals surface area contributed by atoms with Crippen LogP contribution < -0.4 is 16.0 Å². The summed E-state index contributed by atoms with van der Waals surface area (Å²) in [5.74, 6) is 0.577. The van der Waals surface area contributed by atoms with Gasteiger partial charge in [0.2, 0.25) is 17.6 Å². The summed E-state index contributed by atoms with van der Waals surface area (Å²) in [6, 6.07) is 0.227. The van der Waals surface area contributed by atoms with Crippen molar-refractivity contribution < 1.29 is 9.59 Å². The van der Waals surface area contributed by atoms with Crippen LogP contribution in [0, 0.1) is 5.41 Å². The molecule has 0 amide bonds. The Labute approximate surface area is 171 Å². The average molecular weight is 399 g/mol. The number of hydrogen-bond acceptors (Lipinski definition) is 8. The maximum atomic E-state index is 13.3. The second kappa shape index (κ2) is 8.18. The molecule has 0 bridgehead atoms. The number of ketones is 2. The molecule has 156 valence electrons. The van der Waals surface area contributed by atoms with Crippen LogP contribution in [0.1, 0.15) is 68.9 Å². The fourth-order valence-corrected chi connectivity index (χ4v) is 4.98. The van der Waals surface area contributed by atoms with Gasteiger partial charge in [-0.3, -0.25) is 9.59 Å². The first-order chi connectivity index (χ1) is 14.0. The zero-order chi connectivity index (χ0) is 20.4. The fourth-order valence-electron chi connectivity index (χ4n) is 4.98. The van der Waals surface area contributed by atoms with E-state index < -0.39 is 5.41 Å². The Morgan fingerprint density at radius 1 is 1.21 bits per heavy atom. The van der Waals surface area contributed by atoms with Gasteiger partial charge in [-0.1, -0.05) is 6.42 Å². The molecule has 4 rings (SSSR count).